The van der Waals surface area contributed by atoms with Gasteiger partial charge < -0.3 is 10.2 Å². The van der Waals surface area contributed by atoms with Gasteiger partial charge in [-0.05, 0) is 55.7 Å². The monoisotopic (exact) mass is 387 g/mol. The standard InChI is InChI=1S/C20H21NO5S/c1-14-4-9-17(10-5-14)27(24,25)26-13-16(22)8-6-15-7-11-19-18(20(15)23)3-2-12-21-19/h2-5,7,9-12,16,22-23H,6,8,13H2,1H3/t16-/m1/s1. The van der Waals surface area contributed by atoms with E-state index in [2.05, 4.69) is 4.98 Å². The number of nitrogens with zero attached hydrogens (tertiary/aromatic N) is 1. The number of aliphatic hydroxyl groups excluding tert-OH is 1. The Morgan fingerprint density at radius 2 is 1.85 bits per heavy atom. The number of aryl methyl sites for hydroxylation is 2. The lowest BCUT2D eigenvalue weighted by Gasteiger charge is -2.13. The minimum absolute atomic E-state index is 0.0555. The second-order valence-corrected chi connectivity index (χ2v) is 8.00. The molecule has 6 nitrogen and oxygen atoms in total. The smallest absolute Gasteiger partial charge is 0.297 e. The predicted molar refractivity (Wildman–Crippen MR) is 102 cm³/mol. The summed E-state index contributed by atoms with van der Waals surface area (Å²) in [6.45, 7) is 1.52. The lowest BCUT2D eigenvalue weighted by Crippen LogP contribution is -2.19. The molecule has 0 saturated carbocycles. The van der Waals surface area contributed by atoms with Crippen molar-refractivity contribution in [1.29, 1.82) is 0 Å². The first-order valence-electron chi connectivity index (χ1n) is 8.56. The van der Waals surface area contributed by atoms with Gasteiger partial charge in [0.15, 0.2) is 0 Å². The maximum atomic E-state index is 12.1. The largest absolute Gasteiger partial charge is 0.507 e. The second kappa shape index (κ2) is 8.04. The van der Waals surface area contributed by atoms with Crippen LogP contribution in [0, 0.1) is 6.92 Å². The summed E-state index contributed by atoms with van der Waals surface area (Å²) < 4.78 is 29.2. The zero-order valence-corrected chi connectivity index (χ0v) is 15.7. The van der Waals surface area contributed by atoms with E-state index in [0.29, 0.717) is 22.9 Å². The molecule has 0 aliphatic carbocycles. The van der Waals surface area contributed by atoms with Crippen LogP contribution >= 0.6 is 0 Å². The van der Waals surface area contributed by atoms with Crippen LogP contribution in [0.4, 0.5) is 0 Å². The molecule has 0 fully saturated rings. The molecule has 142 valence electrons. The highest BCUT2D eigenvalue weighted by Gasteiger charge is 2.18. The number of phenols is 1. The Bertz CT molecular complexity index is 1030. The summed E-state index contributed by atoms with van der Waals surface area (Å²) in [6.07, 6.45) is 1.31. The number of hydrogen-bond acceptors (Lipinski definition) is 6. The molecule has 1 aromatic heterocycles. The molecule has 0 aliphatic rings. The topological polar surface area (TPSA) is 96.7 Å². The Kier molecular flexibility index (Phi) is 5.74. The van der Waals surface area contributed by atoms with Crippen LogP contribution in [-0.4, -0.2) is 36.3 Å². The molecule has 2 N–H and O–H groups in total. The Balaban J connectivity index is 1.59. The van der Waals surface area contributed by atoms with E-state index in [1.54, 1.807) is 42.6 Å². The first kappa shape index (κ1) is 19.3. The van der Waals surface area contributed by atoms with Gasteiger partial charge in [0.2, 0.25) is 0 Å². The van der Waals surface area contributed by atoms with Gasteiger partial charge in [0.1, 0.15) is 5.75 Å². The quantitative estimate of drug-likeness (QED) is 0.605. The van der Waals surface area contributed by atoms with Gasteiger partial charge >= 0.3 is 0 Å². The average molecular weight is 387 g/mol. The van der Waals surface area contributed by atoms with Gasteiger partial charge in [-0.25, -0.2) is 0 Å². The second-order valence-electron chi connectivity index (χ2n) is 6.39. The molecular weight excluding hydrogens is 366 g/mol. The fourth-order valence-corrected chi connectivity index (χ4v) is 3.67. The first-order chi connectivity index (χ1) is 12.9. The number of hydrogen-bond donors (Lipinski definition) is 2. The Morgan fingerprint density at radius 3 is 2.59 bits per heavy atom. The number of aliphatic hydroxyl groups is 1. The summed E-state index contributed by atoms with van der Waals surface area (Å²) in [4.78, 5) is 4.23. The Hall–Kier alpha value is -2.48. The van der Waals surface area contributed by atoms with Crippen LogP contribution in [0.3, 0.4) is 0 Å². The van der Waals surface area contributed by atoms with E-state index in [1.165, 1.54) is 12.1 Å². The van der Waals surface area contributed by atoms with Gasteiger partial charge in [-0.15, -0.1) is 0 Å². The van der Waals surface area contributed by atoms with Crippen molar-refractivity contribution in [3.8, 4) is 5.75 Å². The van der Waals surface area contributed by atoms with Crippen LogP contribution in [-0.2, 0) is 20.7 Å². The van der Waals surface area contributed by atoms with Crippen LogP contribution in [0.25, 0.3) is 10.9 Å². The lowest BCUT2D eigenvalue weighted by molar-refractivity contribution is 0.103. The van der Waals surface area contributed by atoms with Crippen LogP contribution < -0.4 is 0 Å². The van der Waals surface area contributed by atoms with Crippen molar-refractivity contribution >= 4 is 21.0 Å². The van der Waals surface area contributed by atoms with Gasteiger partial charge in [-0.3, -0.25) is 9.17 Å². The summed E-state index contributed by atoms with van der Waals surface area (Å²) in [7, 11) is -3.91. The summed E-state index contributed by atoms with van der Waals surface area (Å²) in [6, 6.07) is 13.4. The van der Waals surface area contributed by atoms with Crippen molar-refractivity contribution in [2.45, 2.75) is 30.8 Å². The highest BCUT2D eigenvalue weighted by molar-refractivity contribution is 7.86. The van der Waals surface area contributed by atoms with Gasteiger partial charge in [-0.2, -0.15) is 8.42 Å². The van der Waals surface area contributed by atoms with Gasteiger partial charge in [0, 0.05) is 11.6 Å². The molecule has 3 aromatic rings. The number of pyridine rings is 1. The first-order valence-corrected chi connectivity index (χ1v) is 9.97. The molecule has 0 amide bonds. The zero-order chi connectivity index (χ0) is 19.4. The Morgan fingerprint density at radius 1 is 1.11 bits per heavy atom. The van der Waals surface area contributed by atoms with E-state index in [9.17, 15) is 18.6 Å². The van der Waals surface area contributed by atoms with E-state index >= 15 is 0 Å². The van der Waals surface area contributed by atoms with Crippen LogP contribution in [0.15, 0.2) is 59.6 Å². The maximum Gasteiger partial charge on any atom is 0.297 e. The van der Waals surface area contributed by atoms with E-state index in [4.69, 9.17) is 4.18 Å². The van der Waals surface area contributed by atoms with Crippen molar-refractivity contribution in [2.75, 3.05) is 6.61 Å². The molecule has 27 heavy (non-hydrogen) atoms. The molecule has 3 rings (SSSR count). The molecule has 7 heteroatoms. The molecule has 0 radical (unpaired) electrons. The van der Waals surface area contributed by atoms with Crippen LogP contribution in [0.2, 0.25) is 0 Å². The lowest BCUT2D eigenvalue weighted by atomic mass is 10.0. The van der Waals surface area contributed by atoms with Crippen LogP contribution in [0.5, 0.6) is 5.75 Å². The number of aromatic hydroxyl groups is 1. The Labute approximate surface area is 158 Å². The van der Waals surface area contributed by atoms with E-state index < -0.39 is 16.2 Å². The fourth-order valence-electron chi connectivity index (χ4n) is 2.73. The average Bonchev–Trinajstić information content (AvgIpc) is 2.66. The highest BCUT2D eigenvalue weighted by atomic mass is 32.2. The van der Waals surface area contributed by atoms with Crippen molar-refractivity contribution in [3.05, 3.63) is 65.9 Å². The SMILES string of the molecule is Cc1ccc(S(=O)(=O)OC[C@H](O)CCc2ccc3ncccc3c2O)cc1. The zero-order valence-electron chi connectivity index (χ0n) is 14.9. The molecule has 0 unspecified atom stereocenters. The molecule has 0 aliphatic heterocycles. The van der Waals surface area contributed by atoms with Gasteiger partial charge in [0.05, 0.1) is 23.1 Å². The van der Waals surface area contributed by atoms with Crippen molar-refractivity contribution < 1.29 is 22.8 Å². The minimum Gasteiger partial charge on any atom is -0.507 e. The summed E-state index contributed by atoms with van der Waals surface area (Å²) >= 11 is 0. The molecule has 1 atom stereocenters. The molecule has 2 aromatic carbocycles. The normalized spacial score (nSPS) is 13.0. The number of rotatable bonds is 7. The minimum atomic E-state index is -3.91. The molecule has 0 bridgehead atoms. The van der Waals surface area contributed by atoms with E-state index in [-0.39, 0.29) is 23.7 Å². The van der Waals surface area contributed by atoms with Crippen LogP contribution in [0.1, 0.15) is 17.5 Å². The third-order valence-electron chi connectivity index (χ3n) is 4.31. The third-order valence-corrected chi connectivity index (χ3v) is 5.61. The maximum absolute atomic E-state index is 12.1. The van der Waals surface area contributed by atoms with Gasteiger partial charge in [-0.1, -0.05) is 23.8 Å². The third kappa shape index (κ3) is 4.63. The summed E-state index contributed by atoms with van der Waals surface area (Å²) in [5, 5.41) is 21.1. The summed E-state index contributed by atoms with van der Waals surface area (Å²) in [5.41, 5.74) is 2.29. The highest BCUT2D eigenvalue weighted by Crippen LogP contribution is 2.28. The van der Waals surface area contributed by atoms with Crippen molar-refractivity contribution in [3.63, 3.8) is 0 Å². The van der Waals surface area contributed by atoms with E-state index in [0.717, 1.165) is 5.56 Å². The van der Waals surface area contributed by atoms with Crippen molar-refractivity contribution in [1.82, 2.24) is 4.98 Å². The number of fused-ring (bicyclic) bond motifs is 1. The van der Waals surface area contributed by atoms with Crippen molar-refractivity contribution in [2.24, 2.45) is 0 Å². The fraction of sp³-hybridized carbons (Fsp3) is 0.250. The summed E-state index contributed by atoms with van der Waals surface area (Å²) in [5.74, 6) is 0.126. The molecule has 1 heterocycles. The number of benzene rings is 2. The predicted octanol–water partition coefficient (Wildman–Crippen LogP) is 2.95. The molecule has 0 spiro atoms. The molecular formula is C20H21NO5S. The number of phenolic OH excluding ortho intramolecular Hbond substituents is 1. The molecule has 0 saturated heterocycles. The van der Waals surface area contributed by atoms with Gasteiger partial charge in [0.25, 0.3) is 10.1 Å². The number of aromatic nitrogens is 1. The van der Waals surface area contributed by atoms with E-state index in [1.807, 2.05) is 6.92 Å².